The standard InChI is InChI=1S/C19H14N2O2S2/c1-23-12-5-2-4-11(10-12)17(22)18-16(20)13-7-8-14(21-19(13)25-18)15-6-3-9-24-15/h2-10H,20H2,1H3. The van der Waals surface area contributed by atoms with E-state index in [1.807, 2.05) is 29.6 Å². The SMILES string of the molecule is COc1cccc(C(=O)c2sc3nc(-c4cccs4)ccc3c2N)c1. The zero-order valence-corrected chi connectivity index (χ0v) is 15.0. The van der Waals surface area contributed by atoms with E-state index < -0.39 is 0 Å². The van der Waals surface area contributed by atoms with E-state index in [1.54, 1.807) is 42.7 Å². The van der Waals surface area contributed by atoms with Crippen LogP contribution in [0.3, 0.4) is 0 Å². The van der Waals surface area contributed by atoms with Crippen molar-refractivity contribution in [3.63, 3.8) is 0 Å². The Morgan fingerprint density at radius 1 is 1.16 bits per heavy atom. The smallest absolute Gasteiger partial charge is 0.205 e. The van der Waals surface area contributed by atoms with Gasteiger partial charge in [0.1, 0.15) is 15.5 Å². The van der Waals surface area contributed by atoms with Gasteiger partial charge in [0.05, 0.1) is 23.4 Å². The lowest BCUT2D eigenvalue weighted by Crippen LogP contribution is -2.02. The van der Waals surface area contributed by atoms with Crippen LogP contribution in [0.4, 0.5) is 5.69 Å². The van der Waals surface area contributed by atoms with E-state index in [1.165, 1.54) is 11.3 Å². The van der Waals surface area contributed by atoms with Crippen LogP contribution in [0.5, 0.6) is 5.75 Å². The van der Waals surface area contributed by atoms with Crippen LogP contribution in [0.25, 0.3) is 20.8 Å². The van der Waals surface area contributed by atoms with E-state index in [9.17, 15) is 4.79 Å². The maximum atomic E-state index is 12.9. The number of nitrogen functional groups attached to an aromatic ring is 1. The second kappa shape index (κ2) is 6.31. The Balaban J connectivity index is 1.79. The van der Waals surface area contributed by atoms with Crippen LogP contribution in [0.15, 0.2) is 53.9 Å². The van der Waals surface area contributed by atoms with Gasteiger partial charge < -0.3 is 10.5 Å². The molecule has 0 fully saturated rings. The summed E-state index contributed by atoms with van der Waals surface area (Å²) in [6.45, 7) is 0. The molecule has 0 saturated carbocycles. The topological polar surface area (TPSA) is 65.2 Å². The number of hydrogen-bond donors (Lipinski definition) is 1. The lowest BCUT2D eigenvalue weighted by Gasteiger charge is -2.03. The van der Waals surface area contributed by atoms with Crippen LogP contribution in [0, 0.1) is 0 Å². The monoisotopic (exact) mass is 366 g/mol. The van der Waals surface area contributed by atoms with Crippen LogP contribution in [0.1, 0.15) is 15.2 Å². The summed E-state index contributed by atoms with van der Waals surface area (Å²) in [6.07, 6.45) is 0. The number of fused-ring (bicyclic) bond motifs is 1. The molecule has 4 aromatic rings. The number of carbonyl (C=O) groups is 1. The van der Waals surface area contributed by atoms with Gasteiger partial charge in [0.25, 0.3) is 0 Å². The van der Waals surface area contributed by atoms with E-state index in [4.69, 9.17) is 10.5 Å². The van der Waals surface area contributed by atoms with Gasteiger partial charge >= 0.3 is 0 Å². The van der Waals surface area contributed by atoms with Crippen molar-refractivity contribution in [2.45, 2.75) is 0 Å². The number of nitrogens with two attached hydrogens (primary N) is 1. The highest BCUT2D eigenvalue weighted by Crippen LogP contribution is 2.36. The Bertz CT molecular complexity index is 1070. The number of methoxy groups -OCH3 is 1. The molecule has 25 heavy (non-hydrogen) atoms. The molecule has 0 atom stereocenters. The van der Waals surface area contributed by atoms with Gasteiger partial charge in [-0.2, -0.15) is 0 Å². The van der Waals surface area contributed by atoms with Gasteiger partial charge in [0.15, 0.2) is 0 Å². The van der Waals surface area contributed by atoms with Crippen molar-refractivity contribution >= 4 is 44.4 Å². The maximum absolute atomic E-state index is 12.9. The number of rotatable bonds is 4. The van der Waals surface area contributed by atoms with E-state index >= 15 is 0 Å². The summed E-state index contributed by atoms with van der Waals surface area (Å²) < 4.78 is 5.20. The minimum Gasteiger partial charge on any atom is -0.497 e. The first-order valence-corrected chi connectivity index (χ1v) is 9.28. The van der Waals surface area contributed by atoms with Crippen LogP contribution in [-0.4, -0.2) is 17.9 Å². The minimum atomic E-state index is -0.114. The molecular weight excluding hydrogens is 352 g/mol. The molecule has 1 aromatic carbocycles. The fraction of sp³-hybridized carbons (Fsp3) is 0.0526. The summed E-state index contributed by atoms with van der Waals surface area (Å²) in [5.74, 6) is 0.528. The number of ether oxygens (including phenoxy) is 1. The van der Waals surface area contributed by atoms with E-state index in [0.29, 0.717) is 21.9 Å². The number of hydrogen-bond acceptors (Lipinski definition) is 6. The highest BCUT2D eigenvalue weighted by Gasteiger charge is 2.19. The highest BCUT2D eigenvalue weighted by atomic mass is 32.1. The molecule has 0 aliphatic heterocycles. The van der Waals surface area contributed by atoms with Gasteiger partial charge in [-0.1, -0.05) is 18.2 Å². The highest BCUT2D eigenvalue weighted by molar-refractivity contribution is 7.21. The fourth-order valence-corrected chi connectivity index (χ4v) is 4.37. The third kappa shape index (κ3) is 2.79. The largest absolute Gasteiger partial charge is 0.497 e. The van der Waals surface area contributed by atoms with E-state index in [-0.39, 0.29) is 5.78 Å². The fourth-order valence-electron chi connectivity index (χ4n) is 2.62. The molecule has 0 spiro atoms. The molecule has 0 unspecified atom stereocenters. The molecule has 0 bridgehead atoms. The Hall–Kier alpha value is -2.70. The van der Waals surface area contributed by atoms with Gasteiger partial charge in [0.2, 0.25) is 5.78 Å². The molecule has 0 radical (unpaired) electrons. The average Bonchev–Trinajstić information content (AvgIpc) is 3.29. The van der Waals surface area contributed by atoms with Crippen molar-refractivity contribution in [3.8, 4) is 16.3 Å². The molecule has 0 saturated heterocycles. The number of ketones is 1. The first-order valence-electron chi connectivity index (χ1n) is 7.59. The van der Waals surface area contributed by atoms with Crippen molar-refractivity contribution in [2.75, 3.05) is 12.8 Å². The molecule has 124 valence electrons. The zero-order valence-electron chi connectivity index (χ0n) is 13.4. The molecule has 3 heterocycles. The van der Waals surface area contributed by atoms with Crippen molar-refractivity contribution < 1.29 is 9.53 Å². The summed E-state index contributed by atoms with van der Waals surface area (Å²) in [5, 5.41) is 2.83. The Labute approximate surface area is 152 Å². The van der Waals surface area contributed by atoms with E-state index in [0.717, 1.165) is 20.8 Å². The third-order valence-corrected chi connectivity index (χ3v) is 5.91. The number of carbonyl (C=O) groups excluding carboxylic acids is 1. The molecular formula is C19H14N2O2S2. The van der Waals surface area contributed by atoms with Crippen molar-refractivity contribution in [2.24, 2.45) is 0 Å². The summed E-state index contributed by atoms with van der Waals surface area (Å²) in [5.41, 5.74) is 8.17. The molecule has 0 aliphatic carbocycles. The van der Waals surface area contributed by atoms with Gasteiger partial charge in [-0.25, -0.2) is 4.98 Å². The van der Waals surface area contributed by atoms with Crippen molar-refractivity contribution in [1.82, 2.24) is 4.98 Å². The zero-order chi connectivity index (χ0) is 17.4. The summed E-state index contributed by atoms with van der Waals surface area (Å²) >= 11 is 2.96. The first-order chi connectivity index (χ1) is 12.2. The second-order valence-electron chi connectivity index (χ2n) is 5.43. The lowest BCUT2D eigenvalue weighted by atomic mass is 10.1. The Morgan fingerprint density at radius 3 is 2.80 bits per heavy atom. The predicted octanol–water partition coefficient (Wildman–Crippen LogP) is 4.85. The number of benzene rings is 1. The lowest BCUT2D eigenvalue weighted by molar-refractivity contribution is 0.104. The number of nitrogens with zero attached hydrogens (tertiary/aromatic N) is 1. The normalized spacial score (nSPS) is 10.9. The minimum absolute atomic E-state index is 0.114. The maximum Gasteiger partial charge on any atom is 0.205 e. The van der Waals surface area contributed by atoms with Gasteiger partial charge in [-0.15, -0.1) is 22.7 Å². The number of pyridine rings is 1. The van der Waals surface area contributed by atoms with Gasteiger partial charge in [-0.05, 0) is 35.7 Å². The Morgan fingerprint density at radius 2 is 2.04 bits per heavy atom. The molecule has 2 N–H and O–H groups in total. The molecule has 3 aromatic heterocycles. The number of aromatic nitrogens is 1. The average molecular weight is 366 g/mol. The Kier molecular flexibility index (Phi) is 3.99. The quantitative estimate of drug-likeness (QED) is 0.525. The molecule has 6 heteroatoms. The number of anilines is 1. The third-order valence-electron chi connectivity index (χ3n) is 3.91. The van der Waals surface area contributed by atoms with Crippen LogP contribution in [0.2, 0.25) is 0 Å². The summed E-state index contributed by atoms with van der Waals surface area (Å²) in [6, 6.07) is 15.0. The summed E-state index contributed by atoms with van der Waals surface area (Å²) in [4.78, 5) is 19.9. The molecule has 4 nitrogen and oxygen atoms in total. The summed E-state index contributed by atoms with van der Waals surface area (Å²) in [7, 11) is 1.58. The number of thiophene rings is 2. The van der Waals surface area contributed by atoms with Crippen LogP contribution < -0.4 is 10.5 Å². The first kappa shape index (κ1) is 15.8. The van der Waals surface area contributed by atoms with Gasteiger partial charge in [0, 0.05) is 10.9 Å². The van der Waals surface area contributed by atoms with Crippen molar-refractivity contribution in [1.29, 1.82) is 0 Å². The molecule has 0 aliphatic rings. The van der Waals surface area contributed by atoms with E-state index in [2.05, 4.69) is 4.98 Å². The predicted molar refractivity (Wildman–Crippen MR) is 104 cm³/mol. The van der Waals surface area contributed by atoms with Crippen LogP contribution in [-0.2, 0) is 0 Å². The molecule has 0 amide bonds. The van der Waals surface area contributed by atoms with Crippen LogP contribution >= 0.6 is 22.7 Å². The second-order valence-corrected chi connectivity index (χ2v) is 7.38. The van der Waals surface area contributed by atoms with Crippen molar-refractivity contribution in [3.05, 3.63) is 64.4 Å². The van der Waals surface area contributed by atoms with Gasteiger partial charge in [-0.3, -0.25) is 4.79 Å². The molecule has 4 rings (SSSR count).